The van der Waals surface area contributed by atoms with Crippen molar-refractivity contribution in [3.8, 4) is 23.6 Å². The maximum Gasteiger partial charge on any atom is 0.264 e. The third-order valence-electron chi connectivity index (χ3n) is 4.25. The highest BCUT2D eigenvalue weighted by Crippen LogP contribution is 2.24. The smallest absolute Gasteiger partial charge is 0.264 e. The summed E-state index contributed by atoms with van der Waals surface area (Å²) >= 11 is 7.14. The van der Waals surface area contributed by atoms with Crippen molar-refractivity contribution in [1.29, 1.82) is 5.41 Å². The fourth-order valence-electron chi connectivity index (χ4n) is 2.68. The molecule has 3 rings (SSSR count). The van der Waals surface area contributed by atoms with Gasteiger partial charge in [-0.1, -0.05) is 46.9 Å². The summed E-state index contributed by atoms with van der Waals surface area (Å²) < 4.78 is 5.96. The number of hydrogen-bond acceptors (Lipinski definition) is 5. The Kier molecular flexibility index (Phi) is 6.37. The van der Waals surface area contributed by atoms with Gasteiger partial charge in [-0.05, 0) is 12.1 Å². The molecule has 8 heteroatoms. The molecular formula is C21H19ClN4O2S. The van der Waals surface area contributed by atoms with Crippen molar-refractivity contribution < 1.29 is 9.32 Å². The van der Waals surface area contributed by atoms with Crippen LogP contribution in [0.5, 0.6) is 0 Å². The highest BCUT2D eigenvalue weighted by molar-refractivity contribution is 7.17. The highest BCUT2D eigenvalue weighted by atomic mass is 35.5. The molecular weight excluding hydrogens is 408 g/mol. The van der Waals surface area contributed by atoms with Gasteiger partial charge in [-0.2, -0.15) is 0 Å². The van der Waals surface area contributed by atoms with Gasteiger partial charge in [0, 0.05) is 31.3 Å². The first-order valence-corrected chi connectivity index (χ1v) is 9.89. The lowest BCUT2D eigenvalue weighted by Gasteiger charge is -2.17. The molecule has 0 bridgehead atoms. The summed E-state index contributed by atoms with van der Waals surface area (Å²) in [5.74, 6) is 3.32. The minimum Gasteiger partial charge on any atom is -0.359 e. The van der Waals surface area contributed by atoms with Crippen molar-refractivity contribution in [1.82, 2.24) is 15.0 Å². The van der Waals surface area contributed by atoms with Crippen LogP contribution in [0.1, 0.15) is 21.0 Å². The number of thiophene rings is 1. The standard InChI is InChI=1S/C21H19ClN4O2S/c1-4-11-25(2)20(23)15-7-5-14(6-8-15)17-12-16(28-24-17)13-26(3)21(27)18-9-10-19(22)29-18/h1,5-10,12,23H,11,13H2,2-3H3. The molecule has 2 aromatic heterocycles. The Hall–Kier alpha value is -3.08. The Labute approximate surface area is 178 Å². The van der Waals surface area contributed by atoms with E-state index in [9.17, 15) is 4.79 Å². The zero-order valence-corrected chi connectivity index (χ0v) is 17.5. The molecule has 29 heavy (non-hydrogen) atoms. The quantitative estimate of drug-likeness (QED) is 0.364. The predicted octanol–water partition coefficient (Wildman–Crippen LogP) is 4.22. The molecule has 0 aliphatic carbocycles. The molecule has 1 aromatic carbocycles. The maximum absolute atomic E-state index is 12.4. The van der Waals surface area contributed by atoms with Crippen LogP contribution in [0, 0.1) is 17.8 Å². The van der Waals surface area contributed by atoms with E-state index in [0.29, 0.717) is 39.6 Å². The summed E-state index contributed by atoms with van der Waals surface area (Å²) in [5, 5.41) is 12.3. The second-order valence-corrected chi connectivity index (χ2v) is 8.14. The Balaban J connectivity index is 1.67. The molecule has 0 unspecified atom stereocenters. The van der Waals surface area contributed by atoms with Crippen LogP contribution in [0.2, 0.25) is 4.34 Å². The molecule has 0 spiro atoms. The Morgan fingerprint density at radius 3 is 2.59 bits per heavy atom. The van der Waals surface area contributed by atoms with Crippen LogP contribution < -0.4 is 0 Å². The SMILES string of the molecule is C#CCN(C)C(=N)c1ccc(-c2cc(CN(C)C(=O)c3ccc(Cl)s3)on2)cc1. The van der Waals surface area contributed by atoms with Crippen LogP contribution >= 0.6 is 22.9 Å². The molecule has 1 amide bonds. The van der Waals surface area contributed by atoms with E-state index < -0.39 is 0 Å². The molecule has 0 radical (unpaired) electrons. The number of nitrogens with one attached hydrogen (secondary N) is 1. The molecule has 0 atom stereocenters. The lowest BCUT2D eigenvalue weighted by Crippen LogP contribution is -2.26. The Bertz CT molecular complexity index is 1070. The van der Waals surface area contributed by atoms with Crippen LogP contribution in [0.3, 0.4) is 0 Å². The summed E-state index contributed by atoms with van der Waals surface area (Å²) in [4.78, 5) is 16.2. The summed E-state index contributed by atoms with van der Waals surface area (Å²) in [6, 6.07) is 12.6. The van der Waals surface area contributed by atoms with Gasteiger partial charge in [0.25, 0.3) is 5.91 Å². The average molecular weight is 427 g/mol. The minimum atomic E-state index is -0.126. The number of rotatable bonds is 6. The third-order valence-corrected chi connectivity index (χ3v) is 5.47. The molecule has 2 heterocycles. The van der Waals surface area contributed by atoms with Crippen molar-refractivity contribution >= 4 is 34.7 Å². The minimum absolute atomic E-state index is 0.126. The van der Waals surface area contributed by atoms with Crippen LogP contribution in [-0.2, 0) is 6.54 Å². The van der Waals surface area contributed by atoms with Crippen LogP contribution in [0.25, 0.3) is 11.3 Å². The zero-order chi connectivity index (χ0) is 21.0. The number of amidine groups is 1. The van der Waals surface area contributed by atoms with Crippen LogP contribution in [0.15, 0.2) is 47.0 Å². The van der Waals surface area contributed by atoms with Crippen molar-refractivity contribution in [3.05, 3.63) is 63.0 Å². The second kappa shape index (κ2) is 8.95. The van der Waals surface area contributed by atoms with Crippen LogP contribution in [0.4, 0.5) is 0 Å². The van der Waals surface area contributed by atoms with E-state index in [0.717, 1.165) is 11.1 Å². The van der Waals surface area contributed by atoms with Crippen LogP contribution in [-0.4, -0.2) is 47.3 Å². The maximum atomic E-state index is 12.4. The van der Waals surface area contributed by atoms with Gasteiger partial charge in [-0.3, -0.25) is 10.2 Å². The largest absolute Gasteiger partial charge is 0.359 e. The summed E-state index contributed by atoms with van der Waals surface area (Å²) in [6.07, 6.45) is 5.30. The fraction of sp³-hybridized carbons (Fsp3) is 0.190. The van der Waals surface area contributed by atoms with Gasteiger partial charge >= 0.3 is 0 Å². The first kappa shape index (κ1) is 20.6. The summed E-state index contributed by atoms with van der Waals surface area (Å²) in [6.45, 7) is 0.665. The van der Waals surface area contributed by atoms with Gasteiger partial charge in [0.05, 0.1) is 22.3 Å². The van der Waals surface area contributed by atoms with E-state index in [1.807, 2.05) is 24.3 Å². The van der Waals surface area contributed by atoms with E-state index in [1.54, 1.807) is 42.1 Å². The lowest BCUT2D eigenvalue weighted by molar-refractivity contribution is 0.0777. The van der Waals surface area contributed by atoms with Gasteiger partial charge in [-0.15, -0.1) is 17.8 Å². The van der Waals surface area contributed by atoms with Crippen molar-refractivity contribution in [3.63, 3.8) is 0 Å². The second-order valence-electron chi connectivity index (χ2n) is 6.43. The van der Waals surface area contributed by atoms with Gasteiger partial charge in [0.1, 0.15) is 11.5 Å². The molecule has 0 aliphatic rings. The monoisotopic (exact) mass is 426 g/mol. The number of terminal acetylenes is 1. The van der Waals surface area contributed by atoms with Gasteiger partial charge < -0.3 is 14.3 Å². The molecule has 1 N–H and O–H groups in total. The van der Waals surface area contributed by atoms with Gasteiger partial charge in [0.15, 0.2) is 5.76 Å². The van der Waals surface area contributed by atoms with Crippen molar-refractivity contribution in [2.45, 2.75) is 6.54 Å². The molecule has 148 valence electrons. The van der Waals surface area contributed by atoms with E-state index in [1.165, 1.54) is 11.3 Å². The summed E-state index contributed by atoms with van der Waals surface area (Å²) in [5.41, 5.74) is 2.28. The van der Waals surface area contributed by atoms with E-state index in [4.69, 9.17) is 28.0 Å². The number of nitrogens with zero attached hydrogens (tertiary/aromatic N) is 3. The summed E-state index contributed by atoms with van der Waals surface area (Å²) in [7, 11) is 3.48. The molecule has 0 saturated heterocycles. The molecule has 0 saturated carbocycles. The number of hydrogen-bond donors (Lipinski definition) is 1. The Morgan fingerprint density at radius 1 is 1.24 bits per heavy atom. The normalized spacial score (nSPS) is 10.4. The number of aromatic nitrogens is 1. The first-order chi connectivity index (χ1) is 13.9. The number of benzene rings is 1. The van der Waals surface area contributed by atoms with E-state index in [2.05, 4.69) is 11.1 Å². The fourth-order valence-corrected chi connectivity index (χ4v) is 3.72. The topological polar surface area (TPSA) is 73.4 Å². The van der Waals surface area contributed by atoms with E-state index in [-0.39, 0.29) is 5.91 Å². The predicted molar refractivity (Wildman–Crippen MR) is 115 cm³/mol. The zero-order valence-electron chi connectivity index (χ0n) is 16.0. The lowest BCUT2D eigenvalue weighted by atomic mass is 10.1. The Morgan fingerprint density at radius 2 is 1.97 bits per heavy atom. The molecule has 0 aliphatic heterocycles. The van der Waals surface area contributed by atoms with Gasteiger partial charge in [0.2, 0.25) is 0 Å². The average Bonchev–Trinajstić information content (AvgIpc) is 3.36. The van der Waals surface area contributed by atoms with Crippen molar-refractivity contribution in [2.24, 2.45) is 0 Å². The number of amides is 1. The molecule has 0 fully saturated rings. The number of carbonyl (C=O) groups is 1. The van der Waals surface area contributed by atoms with Crippen molar-refractivity contribution in [2.75, 3.05) is 20.6 Å². The number of carbonyl (C=O) groups excluding carboxylic acids is 1. The molecule has 6 nitrogen and oxygen atoms in total. The molecule has 3 aromatic rings. The number of halogens is 1. The highest BCUT2D eigenvalue weighted by Gasteiger charge is 2.17. The first-order valence-electron chi connectivity index (χ1n) is 8.69. The van der Waals surface area contributed by atoms with Gasteiger partial charge in [-0.25, -0.2) is 0 Å². The van der Waals surface area contributed by atoms with E-state index >= 15 is 0 Å². The third kappa shape index (κ3) is 4.86.